The van der Waals surface area contributed by atoms with Gasteiger partial charge in [-0.05, 0) is 48.9 Å². The highest BCUT2D eigenvalue weighted by atomic mass is 79.9. The van der Waals surface area contributed by atoms with E-state index in [9.17, 15) is 14.4 Å². The van der Waals surface area contributed by atoms with E-state index in [4.69, 9.17) is 11.6 Å². The molecule has 2 aliphatic heterocycles. The van der Waals surface area contributed by atoms with E-state index in [1.54, 1.807) is 11.9 Å². The van der Waals surface area contributed by atoms with Crippen LogP contribution in [0, 0.1) is 6.92 Å². The van der Waals surface area contributed by atoms with Crippen LogP contribution in [-0.2, 0) is 16.1 Å². The Morgan fingerprint density at radius 2 is 1.70 bits per heavy atom. The monoisotopic (exact) mass is 693 g/mol. The van der Waals surface area contributed by atoms with Gasteiger partial charge in [0, 0.05) is 76.8 Å². The molecule has 3 heterocycles. The molecule has 3 aromatic carbocycles. The molecule has 2 atom stereocenters. The molecular weight excluding hydrogens is 662 g/mol. The van der Waals surface area contributed by atoms with Crippen LogP contribution in [0.2, 0.25) is 5.02 Å². The number of nitrogens with zero attached hydrogens (tertiary/aromatic N) is 3. The minimum atomic E-state index is -1.16. The van der Waals surface area contributed by atoms with Crippen molar-refractivity contribution in [2.45, 2.75) is 35.6 Å². The number of aromatic amines is 1. The second-order valence-electron chi connectivity index (χ2n) is 11.3. The Hall–Kier alpha value is -3.47. The Labute approximate surface area is 274 Å². The number of benzene rings is 3. The Morgan fingerprint density at radius 1 is 1.02 bits per heavy atom. The van der Waals surface area contributed by atoms with E-state index in [1.807, 2.05) is 89.7 Å². The lowest BCUT2D eigenvalue weighted by molar-refractivity contribution is -0.136. The van der Waals surface area contributed by atoms with E-state index in [2.05, 4.69) is 26.2 Å². The van der Waals surface area contributed by atoms with Crippen LogP contribution in [0.25, 0.3) is 10.9 Å². The first-order chi connectivity index (χ1) is 21.2. The topological polar surface area (TPSA) is 88.8 Å². The van der Waals surface area contributed by atoms with E-state index in [0.717, 1.165) is 37.0 Å². The fourth-order valence-corrected chi connectivity index (χ4v) is 8.14. The van der Waals surface area contributed by atoms with Gasteiger partial charge in [-0.1, -0.05) is 63.4 Å². The maximum Gasteiger partial charge on any atom is 0.317 e. The van der Waals surface area contributed by atoms with Gasteiger partial charge in [-0.2, -0.15) is 0 Å². The van der Waals surface area contributed by atoms with E-state index in [-0.39, 0.29) is 24.3 Å². The Balaban J connectivity index is 1.48. The quantitative estimate of drug-likeness (QED) is 0.245. The van der Waals surface area contributed by atoms with Gasteiger partial charge in [0.05, 0.1) is 12.5 Å². The minimum absolute atomic E-state index is 0.0431. The van der Waals surface area contributed by atoms with Crippen molar-refractivity contribution in [3.8, 4) is 0 Å². The molecule has 2 fully saturated rings. The Morgan fingerprint density at radius 3 is 2.39 bits per heavy atom. The summed E-state index contributed by atoms with van der Waals surface area (Å²) < 4.78 is -0.208. The largest absolute Gasteiger partial charge is 0.361 e. The average molecular weight is 695 g/mol. The molecule has 6 rings (SSSR count). The standard InChI is InChI=1S/C33H33BrClN5O3S/c1-21-3-10-25(11-4-21)44-33(31(42)38-13-15-39(16-14-38)32(43)36-2)18-29(41)40(20-22-5-7-23(34)8-6-22)30(33)27-19-37-28-17-24(35)9-12-26(27)28/h3-12,17,19,30,37H,13-16,18,20H2,1-2H3,(H,36,43)/t30-,33-/m0/s1. The fourth-order valence-electron chi connectivity index (χ4n) is 6.23. The first-order valence-corrected chi connectivity index (χ1v) is 16.5. The molecule has 0 bridgehead atoms. The summed E-state index contributed by atoms with van der Waals surface area (Å²) in [4.78, 5) is 51.2. The number of hydrogen-bond donors (Lipinski definition) is 2. The summed E-state index contributed by atoms with van der Waals surface area (Å²) in [5.41, 5.74) is 3.80. The third-order valence-corrected chi connectivity index (χ3v) is 10.7. The molecule has 0 spiro atoms. The number of halogens is 2. The molecule has 1 aromatic heterocycles. The summed E-state index contributed by atoms with van der Waals surface area (Å²) in [6.45, 7) is 4.00. The van der Waals surface area contributed by atoms with Crippen molar-refractivity contribution < 1.29 is 14.4 Å². The summed E-state index contributed by atoms with van der Waals surface area (Å²) in [5.74, 6) is -0.183. The SMILES string of the molecule is CNC(=O)N1CCN(C(=O)[C@]2(Sc3ccc(C)cc3)CC(=O)N(Cc3ccc(Br)cc3)[C@H]2c2c[nH]c3cc(Cl)ccc23)CC1. The number of H-pyrrole nitrogens is 1. The van der Waals surface area contributed by atoms with Crippen LogP contribution in [0.5, 0.6) is 0 Å². The highest BCUT2D eigenvalue weighted by Crippen LogP contribution is 2.55. The summed E-state index contributed by atoms with van der Waals surface area (Å²) >= 11 is 11.3. The van der Waals surface area contributed by atoms with Crippen LogP contribution in [0.1, 0.15) is 29.2 Å². The molecule has 0 unspecified atom stereocenters. The number of aromatic nitrogens is 1. The molecule has 8 nitrogen and oxygen atoms in total. The molecule has 228 valence electrons. The molecule has 11 heteroatoms. The van der Waals surface area contributed by atoms with Gasteiger partial charge >= 0.3 is 6.03 Å². The highest BCUT2D eigenvalue weighted by molar-refractivity contribution is 9.10. The van der Waals surface area contributed by atoms with Crippen LogP contribution in [0.15, 0.2) is 82.3 Å². The number of carbonyl (C=O) groups is 3. The number of hydrogen-bond acceptors (Lipinski definition) is 4. The third kappa shape index (κ3) is 5.82. The number of urea groups is 1. The van der Waals surface area contributed by atoms with E-state index in [0.29, 0.717) is 37.7 Å². The van der Waals surface area contributed by atoms with Gasteiger partial charge in [0.2, 0.25) is 11.8 Å². The molecule has 0 saturated carbocycles. The number of rotatable bonds is 6. The van der Waals surface area contributed by atoms with Crippen molar-refractivity contribution in [2.24, 2.45) is 0 Å². The van der Waals surface area contributed by atoms with Crippen molar-refractivity contribution >= 4 is 68.0 Å². The zero-order chi connectivity index (χ0) is 31.0. The Kier molecular flexibility index (Phi) is 8.68. The average Bonchev–Trinajstić information content (AvgIpc) is 3.55. The van der Waals surface area contributed by atoms with E-state index in [1.165, 1.54) is 11.8 Å². The molecule has 44 heavy (non-hydrogen) atoms. The van der Waals surface area contributed by atoms with Crippen LogP contribution in [0.3, 0.4) is 0 Å². The molecule has 0 aliphatic carbocycles. The molecule has 4 amide bonds. The lowest BCUT2D eigenvalue weighted by Gasteiger charge is -2.42. The second-order valence-corrected chi connectivity index (χ2v) is 14.1. The van der Waals surface area contributed by atoms with Crippen LogP contribution >= 0.6 is 39.3 Å². The number of amides is 4. The van der Waals surface area contributed by atoms with Gasteiger partial charge in [0.1, 0.15) is 4.75 Å². The predicted octanol–water partition coefficient (Wildman–Crippen LogP) is 6.38. The summed E-state index contributed by atoms with van der Waals surface area (Å²) in [7, 11) is 1.61. The molecule has 4 aromatic rings. The first-order valence-electron chi connectivity index (χ1n) is 14.5. The van der Waals surface area contributed by atoms with Gasteiger partial charge in [-0.15, -0.1) is 11.8 Å². The zero-order valence-electron chi connectivity index (χ0n) is 24.5. The number of carbonyl (C=O) groups excluding carboxylic acids is 3. The highest BCUT2D eigenvalue weighted by Gasteiger charge is 2.59. The summed E-state index contributed by atoms with van der Waals surface area (Å²) in [5, 5.41) is 4.20. The molecule has 2 aliphatic rings. The zero-order valence-corrected chi connectivity index (χ0v) is 27.6. The van der Waals surface area contributed by atoms with Crippen LogP contribution in [-0.4, -0.2) is 75.5 Å². The number of likely N-dealkylation sites (tertiary alicyclic amines) is 1. The van der Waals surface area contributed by atoms with Gasteiger partial charge in [-0.25, -0.2) is 4.79 Å². The normalized spacial score (nSPS) is 20.4. The lowest BCUT2D eigenvalue weighted by Crippen LogP contribution is -2.57. The minimum Gasteiger partial charge on any atom is -0.361 e. The molecule has 0 radical (unpaired) electrons. The number of fused-ring (bicyclic) bond motifs is 1. The van der Waals surface area contributed by atoms with Gasteiger partial charge in [0.25, 0.3) is 0 Å². The van der Waals surface area contributed by atoms with E-state index < -0.39 is 10.8 Å². The smallest absolute Gasteiger partial charge is 0.317 e. The van der Waals surface area contributed by atoms with Gasteiger partial charge in [0.15, 0.2) is 0 Å². The number of nitrogens with one attached hydrogen (secondary N) is 2. The van der Waals surface area contributed by atoms with Crippen molar-refractivity contribution in [2.75, 3.05) is 33.2 Å². The maximum atomic E-state index is 15.0. The van der Waals surface area contributed by atoms with E-state index >= 15 is 0 Å². The summed E-state index contributed by atoms with van der Waals surface area (Å²) in [6.07, 6.45) is 1.96. The second kappa shape index (κ2) is 12.5. The fraction of sp³-hybridized carbons (Fsp3) is 0.303. The molecule has 2 N–H and O–H groups in total. The molecular formula is C33H33BrClN5O3S. The van der Waals surface area contributed by atoms with Crippen molar-refractivity contribution in [3.63, 3.8) is 0 Å². The third-order valence-electron chi connectivity index (χ3n) is 8.48. The summed E-state index contributed by atoms with van der Waals surface area (Å²) in [6, 6.07) is 20.9. The number of thioether (sulfide) groups is 1. The Bertz CT molecular complexity index is 1700. The van der Waals surface area contributed by atoms with Crippen LogP contribution in [0.4, 0.5) is 4.79 Å². The number of piperazine rings is 1. The predicted molar refractivity (Wildman–Crippen MR) is 178 cm³/mol. The molecule has 2 saturated heterocycles. The maximum absolute atomic E-state index is 15.0. The first kappa shape index (κ1) is 30.6. The number of aryl methyl sites for hydroxylation is 1. The van der Waals surface area contributed by atoms with Crippen molar-refractivity contribution in [1.82, 2.24) is 25.0 Å². The van der Waals surface area contributed by atoms with Gasteiger partial charge in [-0.3, -0.25) is 9.59 Å². The lowest BCUT2D eigenvalue weighted by atomic mass is 9.90. The van der Waals surface area contributed by atoms with Gasteiger partial charge < -0.3 is 25.0 Å². The van der Waals surface area contributed by atoms with Crippen molar-refractivity contribution in [3.05, 3.63) is 99.1 Å². The van der Waals surface area contributed by atoms with Crippen LogP contribution < -0.4 is 5.32 Å². The van der Waals surface area contributed by atoms with Crippen molar-refractivity contribution in [1.29, 1.82) is 0 Å².